The number of carbonyl (C=O) groups is 1. The number of nitrogens with one attached hydrogen (secondary N) is 1. The topological polar surface area (TPSA) is 132 Å². The third-order valence-corrected chi connectivity index (χ3v) is 6.03. The van der Waals surface area contributed by atoms with E-state index in [2.05, 4.69) is 25.2 Å². The molecule has 0 spiro atoms. The zero-order valence-corrected chi connectivity index (χ0v) is 19.8. The first-order valence-corrected chi connectivity index (χ1v) is 11.2. The lowest BCUT2D eigenvalue weighted by Gasteiger charge is -2.38. The van der Waals surface area contributed by atoms with Crippen LogP contribution < -0.4 is 26.4 Å². The number of aromatic nitrogens is 3. The fraction of sp³-hybridized carbons (Fsp3) is 0.333. The first-order valence-electron chi connectivity index (χ1n) is 11.2. The Morgan fingerprint density at radius 2 is 1.86 bits per heavy atom. The summed E-state index contributed by atoms with van der Waals surface area (Å²) in [5, 5.41) is 2.70. The van der Waals surface area contributed by atoms with E-state index in [-0.39, 0.29) is 34.3 Å². The second kappa shape index (κ2) is 9.61. The molecular weight excluding hydrogens is 475 g/mol. The maximum absolute atomic E-state index is 13.6. The Bertz CT molecular complexity index is 1270. The number of amides is 1. The highest BCUT2D eigenvalue weighted by Crippen LogP contribution is 2.37. The molecule has 4 heterocycles. The van der Waals surface area contributed by atoms with Gasteiger partial charge in [-0.2, -0.15) is 13.2 Å². The highest BCUT2D eigenvalue weighted by molar-refractivity contribution is 6.07. The average molecular weight is 502 g/mol. The van der Waals surface area contributed by atoms with Crippen molar-refractivity contribution in [3.8, 4) is 17.3 Å². The van der Waals surface area contributed by atoms with Crippen molar-refractivity contribution < 1.29 is 22.7 Å². The lowest BCUT2D eigenvalue weighted by Crippen LogP contribution is -2.48. The molecule has 0 radical (unpaired) electrons. The number of pyridine rings is 3. The number of anilines is 3. The van der Waals surface area contributed by atoms with E-state index in [4.69, 9.17) is 16.2 Å². The highest BCUT2D eigenvalue weighted by atomic mass is 19.4. The fourth-order valence-corrected chi connectivity index (χ4v) is 3.94. The Kier molecular flexibility index (Phi) is 6.72. The lowest BCUT2D eigenvalue weighted by molar-refractivity contribution is -0.137. The van der Waals surface area contributed by atoms with Crippen molar-refractivity contribution in [1.82, 2.24) is 15.0 Å². The van der Waals surface area contributed by atoms with Crippen molar-refractivity contribution in [1.29, 1.82) is 0 Å². The second-order valence-corrected chi connectivity index (χ2v) is 8.85. The molecule has 4 rings (SSSR count). The van der Waals surface area contributed by atoms with Crippen LogP contribution >= 0.6 is 0 Å². The van der Waals surface area contributed by atoms with Crippen LogP contribution in [0.5, 0.6) is 5.88 Å². The Balaban J connectivity index is 1.66. The van der Waals surface area contributed by atoms with Crippen molar-refractivity contribution in [2.24, 2.45) is 5.73 Å². The normalized spacial score (nSPS) is 15.4. The monoisotopic (exact) mass is 501 g/mol. The van der Waals surface area contributed by atoms with Crippen LogP contribution in [0.1, 0.15) is 35.8 Å². The summed E-state index contributed by atoms with van der Waals surface area (Å²) in [4.78, 5) is 27.6. The third kappa shape index (κ3) is 5.33. The summed E-state index contributed by atoms with van der Waals surface area (Å²) < 4.78 is 45.9. The van der Waals surface area contributed by atoms with E-state index >= 15 is 0 Å². The van der Waals surface area contributed by atoms with E-state index in [0.29, 0.717) is 18.8 Å². The largest absolute Gasteiger partial charge is 0.481 e. The summed E-state index contributed by atoms with van der Waals surface area (Å²) in [6.07, 6.45) is -1.64. The van der Waals surface area contributed by atoms with Gasteiger partial charge in [0.15, 0.2) is 11.5 Å². The molecule has 3 aromatic heterocycles. The SMILES string of the molecule is COc1ccc(C(F)(F)F)c(-c2ccc(N)c(C(=O)Nc3ncccc3N3CCC(C)(N)CC3)n2)n1. The quantitative estimate of drug-likeness (QED) is 0.482. The molecule has 190 valence electrons. The van der Waals surface area contributed by atoms with E-state index in [1.165, 1.54) is 25.4 Å². The molecule has 3 aromatic rings. The second-order valence-electron chi connectivity index (χ2n) is 8.85. The predicted molar refractivity (Wildman–Crippen MR) is 130 cm³/mol. The molecule has 0 aliphatic carbocycles. The first-order chi connectivity index (χ1) is 17.0. The Morgan fingerprint density at radius 1 is 1.14 bits per heavy atom. The minimum Gasteiger partial charge on any atom is -0.481 e. The molecule has 0 saturated carbocycles. The summed E-state index contributed by atoms with van der Waals surface area (Å²) in [6, 6.07) is 8.11. The zero-order valence-electron chi connectivity index (χ0n) is 19.8. The molecule has 36 heavy (non-hydrogen) atoms. The van der Waals surface area contributed by atoms with E-state index in [9.17, 15) is 18.0 Å². The molecule has 1 fully saturated rings. The molecule has 12 heteroatoms. The third-order valence-electron chi connectivity index (χ3n) is 6.03. The summed E-state index contributed by atoms with van der Waals surface area (Å²) in [5.41, 5.74) is 10.7. The number of piperidine rings is 1. The molecule has 0 bridgehead atoms. The van der Waals surface area contributed by atoms with Crippen molar-refractivity contribution in [3.63, 3.8) is 0 Å². The Hall–Kier alpha value is -3.93. The molecule has 0 unspecified atom stereocenters. The van der Waals surface area contributed by atoms with Gasteiger partial charge in [0.1, 0.15) is 5.69 Å². The van der Waals surface area contributed by atoms with E-state index < -0.39 is 23.3 Å². The minimum atomic E-state index is -4.70. The van der Waals surface area contributed by atoms with Gasteiger partial charge >= 0.3 is 6.18 Å². The van der Waals surface area contributed by atoms with Crippen LogP contribution in [-0.4, -0.2) is 46.6 Å². The number of carbonyl (C=O) groups excluding carboxylic acids is 1. The zero-order chi connectivity index (χ0) is 26.1. The maximum atomic E-state index is 13.6. The van der Waals surface area contributed by atoms with E-state index in [1.807, 2.05) is 13.0 Å². The molecule has 9 nitrogen and oxygen atoms in total. The molecule has 1 aliphatic rings. The number of alkyl halides is 3. The number of rotatable bonds is 5. The van der Waals surface area contributed by atoms with Crippen LogP contribution in [0.15, 0.2) is 42.6 Å². The lowest BCUT2D eigenvalue weighted by atomic mass is 9.91. The number of nitrogen functional groups attached to an aromatic ring is 1. The number of hydrogen-bond acceptors (Lipinski definition) is 8. The smallest absolute Gasteiger partial charge is 0.418 e. The van der Waals surface area contributed by atoms with Gasteiger partial charge in [-0.3, -0.25) is 4.79 Å². The van der Waals surface area contributed by atoms with Gasteiger partial charge in [0, 0.05) is 30.9 Å². The van der Waals surface area contributed by atoms with Crippen LogP contribution in [0.25, 0.3) is 11.4 Å². The predicted octanol–water partition coefficient (Wildman–Crippen LogP) is 3.72. The van der Waals surface area contributed by atoms with Crippen molar-refractivity contribution in [2.45, 2.75) is 31.5 Å². The Morgan fingerprint density at radius 3 is 2.53 bits per heavy atom. The first kappa shape index (κ1) is 25.2. The molecule has 1 saturated heterocycles. The number of hydrogen-bond donors (Lipinski definition) is 3. The number of nitrogens with zero attached hydrogens (tertiary/aromatic N) is 4. The van der Waals surface area contributed by atoms with Gasteiger partial charge in [-0.25, -0.2) is 15.0 Å². The molecular formula is C24H26F3N7O2. The highest BCUT2D eigenvalue weighted by Gasteiger charge is 2.35. The standard InChI is InChI=1S/C24H26F3N7O2/c1-23(29)9-12-34(13-10-23)17-4-3-11-30-21(17)33-22(35)20-15(28)6-7-16(31-20)19-14(24(25,26)27)5-8-18(32-19)36-2/h3-8,11H,9-10,12-13,28-29H2,1-2H3,(H,30,33,35). The van der Waals surface area contributed by atoms with Gasteiger partial charge in [0.2, 0.25) is 5.88 Å². The van der Waals surface area contributed by atoms with Gasteiger partial charge in [-0.1, -0.05) is 0 Å². The van der Waals surface area contributed by atoms with Gasteiger partial charge in [0.25, 0.3) is 5.91 Å². The number of halogens is 3. The summed E-state index contributed by atoms with van der Waals surface area (Å²) in [5.74, 6) is -0.465. The van der Waals surface area contributed by atoms with Crippen LogP contribution in [0.4, 0.5) is 30.4 Å². The number of ether oxygens (including phenoxy) is 1. The maximum Gasteiger partial charge on any atom is 0.418 e. The van der Waals surface area contributed by atoms with Gasteiger partial charge in [-0.05, 0) is 50.1 Å². The minimum absolute atomic E-state index is 0.0120. The van der Waals surface area contributed by atoms with Crippen LogP contribution in [0.3, 0.4) is 0 Å². The number of nitrogens with two attached hydrogens (primary N) is 2. The summed E-state index contributed by atoms with van der Waals surface area (Å²) in [6.45, 7) is 3.36. The molecule has 1 amide bonds. The van der Waals surface area contributed by atoms with Crippen LogP contribution in [-0.2, 0) is 6.18 Å². The van der Waals surface area contributed by atoms with Crippen molar-refractivity contribution in [2.75, 3.05) is 36.1 Å². The van der Waals surface area contributed by atoms with Crippen LogP contribution in [0.2, 0.25) is 0 Å². The molecule has 0 atom stereocenters. The van der Waals surface area contributed by atoms with Crippen LogP contribution in [0, 0.1) is 0 Å². The summed E-state index contributed by atoms with van der Waals surface area (Å²) in [7, 11) is 1.29. The number of methoxy groups -OCH3 is 1. The van der Waals surface area contributed by atoms with Crippen molar-refractivity contribution >= 4 is 23.1 Å². The Labute approximate surface area is 205 Å². The van der Waals surface area contributed by atoms with Gasteiger partial charge in [0.05, 0.1) is 29.7 Å². The van der Waals surface area contributed by atoms with E-state index in [0.717, 1.165) is 25.0 Å². The van der Waals surface area contributed by atoms with E-state index in [1.54, 1.807) is 6.07 Å². The molecule has 0 aromatic carbocycles. The fourth-order valence-electron chi connectivity index (χ4n) is 3.94. The van der Waals surface area contributed by atoms with Gasteiger partial charge < -0.3 is 26.4 Å². The van der Waals surface area contributed by atoms with Crippen molar-refractivity contribution in [3.05, 3.63) is 53.9 Å². The molecule has 5 N–H and O–H groups in total. The van der Waals surface area contributed by atoms with Gasteiger partial charge in [-0.15, -0.1) is 0 Å². The molecule has 1 aliphatic heterocycles. The summed E-state index contributed by atoms with van der Waals surface area (Å²) >= 11 is 0. The average Bonchev–Trinajstić information content (AvgIpc) is 2.84.